The number of fused-ring (bicyclic) bond motifs is 5. The van der Waals surface area contributed by atoms with Crippen molar-refractivity contribution in [1.82, 2.24) is 10.2 Å². The summed E-state index contributed by atoms with van der Waals surface area (Å²) in [6.07, 6.45) is 9.56. The summed E-state index contributed by atoms with van der Waals surface area (Å²) in [5.41, 5.74) is -0.557. The number of carbonyl (C=O) groups is 1. The highest BCUT2D eigenvalue weighted by Gasteiger charge is 2.67. The van der Waals surface area contributed by atoms with Gasteiger partial charge in [-0.25, -0.2) is 0 Å². The predicted molar refractivity (Wildman–Crippen MR) is 94.8 cm³/mol. The van der Waals surface area contributed by atoms with E-state index in [1.165, 1.54) is 19.3 Å². The van der Waals surface area contributed by atoms with Crippen LogP contribution in [0.4, 0.5) is 0 Å². The quantitative estimate of drug-likeness (QED) is 0.808. The molecule has 4 saturated carbocycles. The van der Waals surface area contributed by atoms with Crippen LogP contribution in [0.25, 0.3) is 0 Å². The van der Waals surface area contributed by atoms with Gasteiger partial charge in [0.2, 0.25) is 5.91 Å². The van der Waals surface area contributed by atoms with Gasteiger partial charge in [-0.1, -0.05) is 13.3 Å². The minimum absolute atomic E-state index is 0.236. The largest absolute Gasteiger partial charge is 0.390 e. The monoisotopic (exact) mass is 344 g/mol. The molecule has 7 fully saturated rings. The van der Waals surface area contributed by atoms with E-state index in [9.17, 15) is 9.90 Å². The van der Waals surface area contributed by atoms with E-state index in [0.29, 0.717) is 35.7 Å². The van der Waals surface area contributed by atoms with Gasteiger partial charge in [-0.2, -0.15) is 0 Å². The minimum atomic E-state index is -0.554. The maximum atomic E-state index is 14.0. The topological polar surface area (TPSA) is 52.6 Å². The van der Waals surface area contributed by atoms with Crippen LogP contribution in [-0.2, 0) is 4.79 Å². The first-order valence-corrected chi connectivity index (χ1v) is 10.7. The first-order chi connectivity index (χ1) is 12.0. The Morgan fingerprint density at radius 1 is 1.08 bits per heavy atom. The van der Waals surface area contributed by atoms with Gasteiger partial charge in [0.15, 0.2) is 0 Å². The van der Waals surface area contributed by atoms with E-state index in [1.807, 2.05) is 0 Å². The fourth-order valence-electron chi connectivity index (χ4n) is 9.06. The Hall–Kier alpha value is -0.610. The molecule has 7 aliphatic rings. The molecule has 3 aliphatic heterocycles. The molecule has 0 aromatic heterocycles. The maximum absolute atomic E-state index is 14.0. The van der Waals surface area contributed by atoms with E-state index < -0.39 is 5.60 Å². The number of nitrogens with one attached hydrogen (secondary N) is 1. The zero-order valence-corrected chi connectivity index (χ0v) is 15.5. The summed E-state index contributed by atoms with van der Waals surface area (Å²) in [7, 11) is 0. The summed E-state index contributed by atoms with van der Waals surface area (Å²) in [6.45, 7) is 4.49. The van der Waals surface area contributed by atoms with Crippen molar-refractivity contribution in [3.8, 4) is 0 Å². The Bertz CT molecular complexity index is 619. The number of aliphatic hydroxyl groups is 1. The summed E-state index contributed by atoms with van der Waals surface area (Å²) < 4.78 is 0. The van der Waals surface area contributed by atoms with E-state index in [4.69, 9.17) is 0 Å². The lowest BCUT2D eigenvalue weighted by Gasteiger charge is -2.65. The van der Waals surface area contributed by atoms with Gasteiger partial charge in [-0.15, -0.1) is 0 Å². The lowest BCUT2D eigenvalue weighted by Crippen LogP contribution is -2.64. The molecule has 4 nitrogen and oxygen atoms in total. The van der Waals surface area contributed by atoms with Crippen LogP contribution < -0.4 is 5.32 Å². The van der Waals surface area contributed by atoms with Gasteiger partial charge in [-0.05, 0) is 74.5 Å². The van der Waals surface area contributed by atoms with Gasteiger partial charge in [-0.3, -0.25) is 4.79 Å². The number of hydrogen-bond donors (Lipinski definition) is 2. The molecule has 4 unspecified atom stereocenters. The molecular formula is C21H32N2O2. The first kappa shape index (κ1) is 15.4. The second kappa shape index (κ2) is 4.62. The van der Waals surface area contributed by atoms with Crippen LogP contribution in [0, 0.1) is 28.6 Å². The van der Waals surface area contributed by atoms with Crippen LogP contribution in [-0.4, -0.2) is 46.7 Å². The molecular weight excluding hydrogens is 312 g/mol. The zero-order valence-electron chi connectivity index (χ0n) is 15.5. The van der Waals surface area contributed by atoms with Crippen LogP contribution in [0.15, 0.2) is 0 Å². The summed E-state index contributed by atoms with van der Waals surface area (Å²) in [5, 5.41) is 14.8. The Balaban J connectivity index is 1.37. The highest BCUT2D eigenvalue weighted by atomic mass is 16.3. The Morgan fingerprint density at radius 2 is 1.80 bits per heavy atom. The third-order valence-electron chi connectivity index (χ3n) is 9.36. The van der Waals surface area contributed by atoms with E-state index in [0.717, 1.165) is 51.6 Å². The number of nitrogens with zero attached hydrogens (tertiary/aromatic N) is 1. The first-order valence-electron chi connectivity index (χ1n) is 10.7. The van der Waals surface area contributed by atoms with E-state index in [2.05, 4.69) is 17.1 Å². The van der Waals surface area contributed by atoms with Gasteiger partial charge in [0.1, 0.15) is 0 Å². The van der Waals surface area contributed by atoms with Crippen molar-refractivity contribution < 1.29 is 9.90 Å². The third kappa shape index (κ3) is 1.83. The molecule has 3 saturated heterocycles. The van der Waals surface area contributed by atoms with Gasteiger partial charge >= 0.3 is 0 Å². The molecule has 0 aromatic carbocycles. The number of amides is 1. The molecule has 6 bridgehead atoms. The predicted octanol–water partition coefficient (Wildman–Crippen LogP) is 2.31. The summed E-state index contributed by atoms with van der Waals surface area (Å²) in [4.78, 5) is 16.4. The molecule has 4 aliphatic carbocycles. The highest BCUT2D eigenvalue weighted by molar-refractivity contribution is 5.85. The molecule has 4 heteroatoms. The molecule has 0 radical (unpaired) electrons. The van der Waals surface area contributed by atoms with Crippen molar-refractivity contribution in [2.45, 2.75) is 82.4 Å². The van der Waals surface area contributed by atoms with Crippen molar-refractivity contribution >= 4 is 5.91 Å². The maximum Gasteiger partial charge on any atom is 0.229 e. The lowest BCUT2D eigenvalue weighted by atomic mass is 9.42. The summed E-state index contributed by atoms with van der Waals surface area (Å²) in [5.74, 6) is 2.42. The summed E-state index contributed by atoms with van der Waals surface area (Å²) >= 11 is 0. The standard InChI is InChI=1S/C21H32N2O2/c1-2-19-5-13-6-20(10-19,12-21(25,7-13)11-19)18(24)23-16-3-4-17(23)15-9-22-8-14(15)16/h13-17,22,25H,2-12H2,1H3/t13?,14-,15+,16-,17+,19?,20?,21?. The molecule has 25 heavy (non-hydrogen) atoms. The zero-order chi connectivity index (χ0) is 17.0. The van der Waals surface area contributed by atoms with Crippen molar-refractivity contribution in [3.63, 3.8) is 0 Å². The average Bonchev–Trinajstić information content (AvgIpc) is 3.24. The Kier molecular flexibility index (Phi) is 2.85. The lowest BCUT2D eigenvalue weighted by molar-refractivity contribution is -0.210. The van der Waals surface area contributed by atoms with Crippen LogP contribution in [0.2, 0.25) is 0 Å². The van der Waals surface area contributed by atoms with Crippen molar-refractivity contribution in [1.29, 1.82) is 0 Å². The number of rotatable bonds is 2. The molecule has 0 aromatic rings. The smallest absolute Gasteiger partial charge is 0.229 e. The van der Waals surface area contributed by atoms with Crippen LogP contribution in [0.3, 0.4) is 0 Å². The fraction of sp³-hybridized carbons (Fsp3) is 0.952. The molecule has 138 valence electrons. The number of hydrogen-bond acceptors (Lipinski definition) is 3. The van der Waals surface area contributed by atoms with E-state index in [-0.39, 0.29) is 10.8 Å². The molecule has 0 spiro atoms. The summed E-state index contributed by atoms with van der Waals surface area (Å²) in [6, 6.07) is 0.968. The van der Waals surface area contributed by atoms with Gasteiger partial charge in [0, 0.05) is 25.2 Å². The Morgan fingerprint density at radius 3 is 2.44 bits per heavy atom. The highest BCUT2D eigenvalue weighted by Crippen LogP contribution is 2.68. The minimum Gasteiger partial charge on any atom is -0.390 e. The second-order valence-electron chi connectivity index (χ2n) is 10.8. The molecule has 3 heterocycles. The third-order valence-corrected chi connectivity index (χ3v) is 9.36. The molecule has 2 N–H and O–H groups in total. The SMILES string of the molecule is CCC12CC3CC(O)(C1)CC(C(=O)N1[C@@H]4CC[C@H]1[C@H]1CNC[C@H]14)(C3)C2. The normalized spacial score (nSPS) is 58.2. The van der Waals surface area contributed by atoms with Crippen molar-refractivity contribution in [3.05, 3.63) is 0 Å². The Labute approximate surface area is 150 Å². The average molecular weight is 344 g/mol. The van der Waals surface area contributed by atoms with Crippen molar-refractivity contribution in [2.75, 3.05) is 13.1 Å². The van der Waals surface area contributed by atoms with Crippen LogP contribution in [0.5, 0.6) is 0 Å². The van der Waals surface area contributed by atoms with Gasteiger partial charge < -0.3 is 15.3 Å². The van der Waals surface area contributed by atoms with E-state index >= 15 is 0 Å². The van der Waals surface area contributed by atoms with Crippen molar-refractivity contribution in [2.24, 2.45) is 28.6 Å². The molecule has 8 atom stereocenters. The van der Waals surface area contributed by atoms with Crippen LogP contribution in [0.1, 0.15) is 64.7 Å². The fourth-order valence-corrected chi connectivity index (χ4v) is 9.06. The number of carbonyl (C=O) groups excluding carboxylic acids is 1. The van der Waals surface area contributed by atoms with E-state index in [1.54, 1.807) is 0 Å². The van der Waals surface area contributed by atoms with Gasteiger partial charge in [0.05, 0.1) is 11.0 Å². The second-order valence-corrected chi connectivity index (χ2v) is 10.8. The van der Waals surface area contributed by atoms with Crippen LogP contribution >= 0.6 is 0 Å². The molecule has 1 amide bonds. The molecule has 7 rings (SSSR count). The van der Waals surface area contributed by atoms with Gasteiger partial charge in [0.25, 0.3) is 0 Å².